The second-order valence-electron chi connectivity index (χ2n) is 7.56. The molecule has 1 unspecified atom stereocenters. The van der Waals surface area contributed by atoms with E-state index in [0.29, 0.717) is 31.1 Å². The highest BCUT2D eigenvalue weighted by molar-refractivity contribution is 5.93. The fourth-order valence-corrected chi connectivity index (χ4v) is 4.11. The molecule has 2 aromatic rings. The zero-order chi connectivity index (χ0) is 20.2. The van der Waals surface area contributed by atoms with Gasteiger partial charge in [-0.1, -0.05) is 36.4 Å². The molecule has 0 spiro atoms. The van der Waals surface area contributed by atoms with Gasteiger partial charge in [-0.3, -0.25) is 14.9 Å². The largest absolute Gasteiger partial charge is 0.491 e. The SMILES string of the molecule is O=C(NO)c1ccc2c(c1)OC[C@H](c1ccccc1)N(C(O)[C@@H]1CCCOC1)C2. The molecule has 1 fully saturated rings. The first-order chi connectivity index (χ1) is 14.2. The summed E-state index contributed by atoms with van der Waals surface area (Å²) in [5.41, 5.74) is 3.91. The third kappa shape index (κ3) is 4.28. The van der Waals surface area contributed by atoms with Gasteiger partial charge in [-0.15, -0.1) is 0 Å². The lowest BCUT2D eigenvalue weighted by Crippen LogP contribution is -2.45. The smallest absolute Gasteiger partial charge is 0.274 e. The molecule has 1 amide bonds. The molecule has 7 heteroatoms. The van der Waals surface area contributed by atoms with E-state index >= 15 is 0 Å². The van der Waals surface area contributed by atoms with Crippen LogP contribution in [0.2, 0.25) is 0 Å². The molecule has 0 aliphatic carbocycles. The molecule has 2 aromatic carbocycles. The van der Waals surface area contributed by atoms with Crippen molar-refractivity contribution in [2.45, 2.75) is 31.7 Å². The van der Waals surface area contributed by atoms with Crippen molar-refractivity contribution in [3.05, 3.63) is 65.2 Å². The minimum atomic E-state index is -0.671. The highest BCUT2D eigenvalue weighted by atomic mass is 16.5. The quantitative estimate of drug-likeness (QED) is 0.541. The van der Waals surface area contributed by atoms with Crippen molar-refractivity contribution in [1.29, 1.82) is 0 Å². The maximum Gasteiger partial charge on any atom is 0.274 e. The molecule has 7 nitrogen and oxygen atoms in total. The molecular formula is C22H26N2O5. The normalized spacial score (nSPS) is 23.4. The molecule has 29 heavy (non-hydrogen) atoms. The van der Waals surface area contributed by atoms with Crippen molar-refractivity contribution >= 4 is 5.91 Å². The molecule has 0 radical (unpaired) electrons. The van der Waals surface area contributed by atoms with Crippen molar-refractivity contribution in [2.24, 2.45) is 5.92 Å². The van der Waals surface area contributed by atoms with Crippen LogP contribution in [0.25, 0.3) is 0 Å². The second kappa shape index (κ2) is 8.92. The Morgan fingerprint density at radius 3 is 2.72 bits per heavy atom. The summed E-state index contributed by atoms with van der Waals surface area (Å²) in [5.74, 6) is 0.0362. The maximum absolute atomic E-state index is 11.8. The molecule has 3 atom stereocenters. The minimum absolute atomic E-state index is 0.0379. The molecule has 154 valence electrons. The van der Waals surface area contributed by atoms with E-state index in [-0.39, 0.29) is 12.0 Å². The fraction of sp³-hybridized carbons (Fsp3) is 0.409. The molecule has 4 rings (SSSR count). The summed E-state index contributed by atoms with van der Waals surface area (Å²) >= 11 is 0. The molecule has 2 heterocycles. The predicted octanol–water partition coefficient (Wildman–Crippen LogP) is 2.49. The zero-order valence-corrected chi connectivity index (χ0v) is 16.2. The van der Waals surface area contributed by atoms with Gasteiger partial charge in [0, 0.05) is 30.2 Å². The summed E-state index contributed by atoms with van der Waals surface area (Å²) in [6, 6.07) is 14.9. The number of fused-ring (bicyclic) bond motifs is 1. The number of ether oxygens (including phenoxy) is 2. The number of hydroxylamine groups is 1. The topological polar surface area (TPSA) is 91.3 Å². The van der Waals surface area contributed by atoms with Gasteiger partial charge in [0.2, 0.25) is 0 Å². The second-order valence-corrected chi connectivity index (χ2v) is 7.56. The van der Waals surface area contributed by atoms with Crippen LogP contribution in [0.15, 0.2) is 48.5 Å². The highest BCUT2D eigenvalue weighted by Gasteiger charge is 2.35. The van der Waals surface area contributed by atoms with E-state index in [1.54, 1.807) is 17.6 Å². The molecule has 0 aromatic heterocycles. The van der Waals surface area contributed by atoms with Gasteiger partial charge >= 0.3 is 0 Å². The Bertz CT molecular complexity index is 838. The summed E-state index contributed by atoms with van der Waals surface area (Å²) in [7, 11) is 0. The van der Waals surface area contributed by atoms with Crippen LogP contribution in [0.5, 0.6) is 5.75 Å². The lowest BCUT2D eigenvalue weighted by Gasteiger charge is -2.38. The van der Waals surface area contributed by atoms with E-state index in [1.807, 2.05) is 36.4 Å². The number of amides is 1. The fourth-order valence-electron chi connectivity index (χ4n) is 4.11. The molecular weight excluding hydrogens is 372 g/mol. The van der Waals surface area contributed by atoms with Crippen molar-refractivity contribution in [3.8, 4) is 5.75 Å². The predicted molar refractivity (Wildman–Crippen MR) is 105 cm³/mol. The highest BCUT2D eigenvalue weighted by Crippen LogP contribution is 2.35. The Kier molecular flexibility index (Phi) is 6.10. The van der Waals surface area contributed by atoms with E-state index in [1.165, 1.54) is 0 Å². The Balaban J connectivity index is 1.67. The van der Waals surface area contributed by atoms with Gasteiger partial charge in [0.15, 0.2) is 0 Å². The Labute approximate surface area is 169 Å². The summed E-state index contributed by atoms with van der Waals surface area (Å²) < 4.78 is 11.7. The molecule has 2 aliphatic rings. The lowest BCUT2D eigenvalue weighted by molar-refractivity contribution is -0.109. The number of benzene rings is 2. The van der Waals surface area contributed by atoms with Crippen LogP contribution in [-0.4, -0.2) is 47.2 Å². The standard InChI is InChI=1S/C22H26N2O5/c25-21(23-27)16-8-9-17-12-24(22(26)18-7-4-10-28-13-18)19(14-29-20(17)11-16)15-5-2-1-3-6-15/h1-3,5-6,8-9,11,18-19,22,26-27H,4,7,10,12-14H2,(H,23,25)/t18-,19-,22?/m1/s1. The number of rotatable bonds is 4. The van der Waals surface area contributed by atoms with Gasteiger partial charge < -0.3 is 14.6 Å². The molecule has 3 N–H and O–H groups in total. The maximum atomic E-state index is 11.8. The van der Waals surface area contributed by atoms with E-state index < -0.39 is 12.1 Å². The third-order valence-corrected chi connectivity index (χ3v) is 5.72. The molecule has 2 aliphatic heterocycles. The zero-order valence-electron chi connectivity index (χ0n) is 16.2. The van der Waals surface area contributed by atoms with Crippen LogP contribution in [-0.2, 0) is 11.3 Å². The van der Waals surface area contributed by atoms with E-state index in [0.717, 1.165) is 30.6 Å². The van der Waals surface area contributed by atoms with Gasteiger partial charge in [-0.2, -0.15) is 0 Å². The summed E-state index contributed by atoms with van der Waals surface area (Å²) in [6.07, 6.45) is 1.19. The van der Waals surface area contributed by atoms with Crippen LogP contribution < -0.4 is 10.2 Å². The van der Waals surface area contributed by atoms with E-state index in [9.17, 15) is 9.90 Å². The number of nitrogens with one attached hydrogen (secondary N) is 1. The van der Waals surface area contributed by atoms with Gasteiger partial charge in [0.25, 0.3) is 5.91 Å². The number of carbonyl (C=O) groups is 1. The van der Waals surface area contributed by atoms with Crippen molar-refractivity contribution in [1.82, 2.24) is 10.4 Å². The van der Waals surface area contributed by atoms with Crippen molar-refractivity contribution in [2.75, 3.05) is 19.8 Å². The monoisotopic (exact) mass is 398 g/mol. The Hall–Kier alpha value is -2.45. The Morgan fingerprint density at radius 1 is 1.17 bits per heavy atom. The number of hydrogen-bond donors (Lipinski definition) is 3. The minimum Gasteiger partial charge on any atom is -0.491 e. The summed E-state index contributed by atoms with van der Waals surface area (Å²) in [5, 5.41) is 20.2. The van der Waals surface area contributed by atoms with Crippen LogP contribution in [0.3, 0.4) is 0 Å². The van der Waals surface area contributed by atoms with Crippen LogP contribution in [0.1, 0.15) is 40.4 Å². The molecule has 0 bridgehead atoms. The van der Waals surface area contributed by atoms with Gasteiger partial charge in [-0.05, 0) is 30.5 Å². The van der Waals surface area contributed by atoms with E-state index in [4.69, 9.17) is 14.7 Å². The molecule has 0 saturated carbocycles. The lowest BCUT2D eigenvalue weighted by atomic mass is 9.96. The number of nitrogens with zero attached hydrogens (tertiary/aromatic N) is 1. The molecule has 1 saturated heterocycles. The van der Waals surface area contributed by atoms with Gasteiger partial charge in [-0.25, -0.2) is 5.48 Å². The number of aliphatic hydroxyl groups excluding tert-OH is 1. The Morgan fingerprint density at radius 2 is 2.00 bits per heavy atom. The first-order valence-corrected chi connectivity index (χ1v) is 9.94. The number of carbonyl (C=O) groups excluding carboxylic acids is 1. The van der Waals surface area contributed by atoms with Crippen LogP contribution in [0, 0.1) is 5.92 Å². The van der Waals surface area contributed by atoms with Crippen LogP contribution >= 0.6 is 0 Å². The van der Waals surface area contributed by atoms with Gasteiger partial charge in [0.05, 0.1) is 12.6 Å². The van der Waals surface area contributed by atoms with E-state index in [2.05, 4.69) is 4.90 Å². The average molecular weight is 398 g/mol. The van der Waals surface area contributed by atoms with Crippen molar-refractivity contribution in [3.63, 3.8) is 0 Å². The third-order valence-electron chi connectivity index (χ3n) is 5.72. The van der Waals surface area contributed by atoms with Gasteiger partial charge in [0.1, 0.15) is 18.6 Å². The van der Waals surface area contributed by atoms with Crippen molar-refractivity contribution < 1.29 is 24.6 Å². The number of hydrogen-bond acceptors (Lipinski definition) is 6. The average Bonchev–Trinajstić information content (AvgIpc) is 2.98. The summed E-state index contributed by atoms with van der Waals surface area (Å²) in [4.78, 5) is 13.8. The van der Waals surface area contributed by atoms with Crippen LogP contribution in [0.4, 0.5) is 0 Å². The first kappa shape index (κ1) is 19.8. The number of aliphatic hydroxyl groups is 1. The summed E-state index contributed by atoms with van der Waals surface area (Å²) in [6.45, 7) is 2.11. The first-order valence-electron chi connectivity index (χ1n) is 9.94.